The average Bonchev–Trinajstić information content (AvgIpc) is 2.05. The molecular formula is C6H9ClFNO. The van der Waals surface area contributed by atoms with Gasteiger partial charge in [0.25, 0.3) is 0 Å². The van der Waals surface area contributed by atoms with Crippen molar-refractivity contribution in [3.63, 3.8) is 0 Å². The Labute approximate surface area is 64.2 Å². The van der Waals surface area contributed by atoms with Crippen LogP contribution in [0.3, 0.4) is 0 Å². The van der Waals surface area contributed by atoms with Crippen molar-refractivity contribution in [3.8, 4) is 0 Å². The van der Waals surface area contributed by atoms with Crippen LogP contribution in [0.2, 0.25) is 0 Å². The monoisotopic (exact) mass is 165 g/mol. The molecule has 0 bridgehead atoms. The zero-order valence-electron chi connectivity index (χ0n) is 5.52. The maximum absolute atomic E-state index is 12.6. The first-order valence-electron chi connectivity index (χ1n) is 3.13. The lowest BCUT2D eigenvalue weighted by Gasteiger charge is -2.26. The molecule has 1 fully saturated rings. The molecule has 0 aromatic carbocycles. The van der Waals surface area contributed by atoms with E-state index in [9.17, 15) is 4.39 Å². The van der Waals surface area contributed by atoms with Crippen molar-refractivity contribution in [2.45, 2.75) is 0 Å². The van der Waals surface area contributed by atoms with Gasteiger partial charge in [0.2, 0.25) is 5.95 Å². The third-order valence-corrected chi connectivity index (χ3v) is 1.58. The van der Waals surface area contributed by atoms with E-state index in [1.165, 1.54) is 0 Å². The van der Waals surface area contributed by atoms with Gasteiger partial charge in [-0.25, -0.2) is 0 Å². The first-order valence-corrected chi connectivity index (χ1v) is 3.57. The van der Waals surface area contributed by atoms with Crippen LogP contribution in [0.1, 0.15) is 0 Å². The van der Waals surface area contributed by atoms with Crippen molar-refractivity contribution in [3.05, 3.63) is 11.5 Å². The topological polar surface area (TPSA) is 12.5 Å². The third kappa shape index (κ3) is 1.85. The minimum absolute atomic E-state index is 0.370. The van der Waals surface area contributed by atoms with Crippen LogP contribution >= 0.6 is 11.6 Å². The summed E-state index contributed by atoms with van der Waals surface area (Å²) in [4.78, 5) is 1.55. The number of rotatable bonds is 1. The molecular weight excluding hydrogens is 157 g/mol. The number of hydrogen-bond donors (Lipinski definition) is 0. The van der Waals surface area contributed by atoms with Crippen molar-refractivity contribution in [2.75, 3.05) is 26.3 Å². The fourth-order valence-electron chi connectivity index (χ4n) is 0.846. The van der Waals surface area contributed by atoms with Crippen molar-refractivity contribution < 1.29 is 9.13 Å². The van der Waals surface area contributed by atoms with Gasteiger partial charge in [0.1, 0.15) is 0 Å². The maximum Gasteiger partial charge on any atom is 0.201 e. The number of halogens is 2. The normalized spacial score (nSPS) is 21.4. The Hall–Kier alpha value is -0.280. The molecule has 0 spiro atoms. The second-order valence-electron chi connectivity index (χ2n) is 2.03. The zero-order chi connectivity index (χ0) is 7.40. The highest BCUT2D eigenvalue weighted by atomic mass is 35.5. The fraction of sp³-hybridized carbons (Fsp3) is 0.667. The summed E-state index contributed by atoms with van der Waals surface area (Å²) in [6, 6.07) is 0. The highest BCUT2D eigenvalue weighted by molar-refractivity contribution is 6.25. The molecule has 4 heteroatoms. The molecule has 0 unspecified atom stereocenters. The molecule has 1 saturated heterocycles. The molecule has 0 aliphatic carbocycles. The van der Waals surface area contributed by atoms with Crippen molar-refractivity contribution in [2.24, 2.45) is 0 Å². The van der Waals surface area contributed by atoms with E-state index in [0.29, 0.717) is 26.3 Å². The minimum atomic E-state index is -0.370. The highest BCUT2D eigenvalue weighted by Crippen LogP contribution is 2.09. The summed E-state index contributed by atoms with van der Waals surface area (Å²) in [5.41, 5.74) is 0.950. The fourth-order valence-corrected chi connectivity index (χ4v) is 0.984. The second kappa shape index (κ2) is 3.78. The molecule has 2 nitrogen and oxygen atoms in total. The van der Waals surface area contributed by atoms with Crippen LogP contribution in [0.15, 0.2) is 11.5 Å². The SMILES string of the molecule is F/C(=C\Cl)N1CCOCC1. The van der Waals surface area contributed by atoms with E-state index in [0.717, 1.165) is 5.54 Å². The van der Waals surface area contributed by atoms with Gasteiger partial charge >= 0.3 is 0 Å². The van der Waals surface area contributed by atoms with Gasteiger partial charge in [-0.1, -0.05) is 11.6 Å². The minimum Gasteiger partial charge on any atom is -0.378 e. The first kappa shape index (κ1) is 7.82. The zero-order valence-corrected chi connectivity index (χ0v) is 6.27. The lowest BCUT2D eigenvalue weighted by atomic mass is 10.4. The Morgan fingerprint density at radius 1 is 1.50 bits per heavy atom. The largest absolute Gasteiger partial charge is 0.378 e. The lowest BCUT2D eigenvalue weighted by Crippen LogP contribution is -2.34. The van der Waals surface area contributed by atoms with Gasteiger partial charge < -0.3 is 9.64 Å². The van der Waals surface area contributed by atoms with E-state index in [2.05, 4.69) is 0 Å². The first-order chi connectivity index (χ1) is 4.84. The van der Waals surface area contributed by atoms with Gasteiger partial charge in [-0.05, 0) is 0 Å². The third-order valence-electron chi connectivity index (χ3n) is 1.40. The van der Waals surface area contributed by atoms with Crippen LogP contribution < -0.4 is 0 Å². The Kier molecular flexibility index (Phi) is 2.96. The molecule has 58 valence electrons. The van der Waals surface area contributed by atoms with Gasteiger partial charge in [-0.3, -0.25) is 0 Å². The van der Waals surface area contributed by atoms with Crippen LogP contribution in [0, 0.1) is 0 Å². The standard InChI is InChI=1S/C6H9ClFNO/c7-5-6(8)9-1-3-10-4-2-9/h5H,1-4H2/b6-5+. The van der Waals surface area contributed by atoms with Crippen molar-refractivity contribution in [1.29, 1.82) is 0 Å². The summed E-state index contributed by atoms with van der Waals surface area (Å²) in [5, 5.41) is 0. The van der Waals surface area contributed by atoms with Crippen LogP contribution in [-0.2, 0) is 4.74 Å². The molecule has 0 atom stereocenters. The predicted octanol–water partition coefficient (Wildman–Crippen LogP) is 1.33. The Bertz CT molecular complexity index is 134. The lowest BCUT2D eigenvalue weighted by molar-refractivity contribution is 0.0426. The van der Waals surface area contributed by atoms with Crippen LogP contribution in [-0.4, -0.2) is 31.2 Å². The molecule has 1 aliphatic rings. The summed E-state index contributed by atoms with van der Waals surface area (Å²) < 4.78 is 17.6. The van der Waals surface area contributed by atoms with Crippen molar-refractivity contribution >= 4 is 11.6 Å². The molecule has 0 saturated carbocycles. The molecule has 0 amide bonds. The molecule has 0 radical (unpaired) electrons. The summed E-state index contributed by atoms with van der Waals surface area (Å²) in [6.07, 6.45) is 0. The van der Waals surface area contributed by atoms with Gasteiger partial charge in [-0.2, -0.15) is 4.39 Å². The number of ether oxygens (including phenoxy) is 1. The molecule has 1 aliphatic heterocycles. The van der Waals surface area contributed by atoms with E-state index in [1.54, 1.807) is 4.90 Å². The number of hydrogen-bond acceptors (Lipinski definition) is 2. The highest BCUT2D eigenvalue weighted by Gasteiger charge is 2.11. The Balaban J connectivity index is 2.39. The van der Waals surface area contributed by atoms with E-state index in [-0.39, 0.29) is 5.95 Å². The maximum atomic E-state index is 12.6. The Morgan fingerprint density at radius 2 is 2.10 bits per heavy atom. The smallest absolute Gasteiger partial charge is 0.201 e. The summed E-state index contributed by atoms with van der Waals surface area (Å²) in [7, 11) is 0. The predicted molar refractivity (Wildman–Crippen MR) is 37.4 cm³/mol. The molecule has 1 rings (SSSR count). The van der Waals surface area contributed by atoms with E-state index >= 15 is 0 Å². The van der Waals surface area contributed by atoms with Crippen LogP contribution in [0.5, 0.6) is 0 Å². The molecule has 0 aromatic rings. The molecule has 10 heavy (non-hydrogen) atoms. The van der Waals surface area contributed by atoms with Gasteiger partial charge in [-0.15, -0.1) is 0 Å². The van der Waals surface area contributed by atoms with Gasteiger partial charge in [0.05, 0.1) is 18.7 Å². The number of nitrogens with zero attached hydrogens (tertiary/aromatic N) is 1. The quantitative estimate of drug-likeness (QED) is 0.544. The van der Waals surface area contributed by atoms with Crippen LogP contribution in [0.4, 0.5) is 4.39 Å². The van der Waals surface area contributed by atoms with Crippen molar-refractivity contribution in [1.82, 2.24) is 4.90 Å². The van der Waals surface area contributed by atoms with Crippen LogP contribution in [0.25, 0.3) is 0 Å². The van der Waals surface area contributed by atoms with E-state index in [1.807, 2.05) is 0 Å². The summed E-state index contributed by atoms with van der Waals surface area (Å²) >= 11 is 5.17. The summed E-state index contributed by atoms with van der Waals surface area (Å²) in [6.45, 7) is 2.35. The molecule has 0 N–H and O–H groups in total. The Morgan fingerprint density at radius 3 is 2.60 bits per heavy atom. The van der Waals surface area contributed by atoms with E-state index in [4.69, 9.17) is 16.3 Å². The van der Waals surface area contributed by atoms with Gasteiger partial charge in [0, 0.05) is 13.1 Å². The molecule has 0 aromatic heterocycles. The van der Waals surface area contributed by atoms with Gasteiger partial charge in [0.15, 0.2) is 0 Å². The average molecular weight is 166 g/mol. The molecule has 1 heterocycles. The summed E-state index contributed by atoms with van der Waals surface area (Å²) in [5.74, 6) is -0.370. The van der Waals surface area contributed by atoms with E-state index < -0.39 is 0 Å². The number of morpholine rings is 1. The second-order valence-corrected chi connectivity index (χ2v) is 2.25.